The average molecular weight is 558 g/mol. The average Bonchev–Trinajstić information content (AvgIpc) is 3.57. The minimum Gasteiger partial charge on any atom is -0.444 e. The van der Waals surface area contributed by atoms with Crippen LogP contribution in [0.5, 0.6) is 0 Å². The van der Waals surface area contributed by atoms with Gasteiger partial charge in [-0.2, -0.15) is 10.4 Å². The van der Waals surface area contributed by atoms with Gasteiger partial charge in [-0.25, -0.2) is 9.31 Å². The summed E-state index contributed by atoms with van der Waals surface area (Å²) in [4.78, 5) is 21.1. The first kappa shape index (κ1) is 26.0. The molecule has 0 unspecified atom stereocenters. The van der Waals surface area contributed by atoms with Gasteiger partial charge in [-0.15, -0.1) is 10.2 Å². The number of nitriles is 1. The highest BCUT2D eigenvalue weighted by molar-refractivity contribution is 7.18. The second-order valence-electron chi connectivity index (χ2n) is 11.1. The fourth-order valence-electron chi connectivity index (χ4n) is 4.77. The molecule has 1 N–H and O–H groups in total. The van der Waals surface area contributed by atoms with Crippen LogP contribution < -0.4 is 10.2 Å². The third kappa shape index (κ3) is 5.29. The van der Waals surface area contributed by atoms with Gasteiger partial charge in [-0.1, -0.05) is 11.3 Å². The Morgan fingerprint density at radius 2 is 1.93 bits per heavy atom. The van der Waals surface area contributed by atoms with Gasteiger partial charge in [0.2, 0.25) is 5.13 Å². The quantitative estimate of drug-likeness (QED) is 0.368. The fourth-order valence-corrected chi connectivity index (χ4v) is 5.69. The van der Waals surface area contributed by atoms with E-state index in [1.165, 1.54) is 17.8 Å². The van der Waals surface area contributed by atoms with Gasteiger partial charge in [0.1, 0.15) is 11.7 Å². The Morgan fingerprint density at radius 1 is 1.12 bits per heavy atom. The molecule has 0 spiro atoms. The number of amides is 1. The largest absolute Gasteiger partial charge is 0.444 e. The standard InChI is InChI=1S/C28H31N9O2S/c1-28(2,3)39-27(38)36-11-9-35(10-12-36)26-34-33-25(40-26)21-17-30-23(14-22(21)32-19-5-4-6-19)24-8-7-20-13-18(15-29)16-31-37(20)24/h7-8,13-14,16-17,19H,4-6,9-12H2,1-3H3,(H,30,32). The van der Waals surface area contributed by atoms with Crippen molar-refractivity contribution in [3.8, 4) is 28.0 Å². The zero-order valence-electron chi connectivity index (χ0n) is 22.8. The molecule has 1 aliphatic heterocycles. The lowest BCUT2D eigenvalue weighted by atomic mass is 9.92. The Balaban J connectivity index is 1.23. The molecule has 4 aromatic heterocycles. The third-order valence-electron chi connectivity index (χ3n) is 7.11. The Bertz CT molecular complexity index is 1590. The van der Waals surface area contributed by atoms with Gasteiger partial charge in [-0.3, -0.25) is 4.98 Å². The normalized spacial score (nSPS) is 16.1. The molecule has 0 bridgehead atoms. The van der Waals surface area contributed by atoms with Gasteiger partial charge < -0.3 is 19.9 Å². The van der Waals surface area contributed by atoms with Gasteiger partial charge in [-0.05, 0) is 64.3 Å². The number of carbonyl (C=O) groups excluding carboxylic acids is 1. The summed E-state index contributed by atoms with van der Waals surface area (Å²) in [5, 5.41) is 28.0. The zero-order chi connectivity index (χ0) is 27.9. The number of aromatic nitrogens is 5. The first-order valence-corrected chi connectivity index (χ1v) is 14.3. The zero-order valence-corrected chi connectivity index (χ0v) is 23.6. The molecule has 1 saturated heterocycles. The topological polar surface area (TPSA) is 125 Å². The lowest BCUT2D eigenvalue weighted by Gasteiger charge is -2.35. The number of nitrogens with zero attached hydrogens (tertiary/aromatic N) is 8. The summed E-state index contributed by atoms with van der Waals surface area (Å²) in [5.41, 5.74) is 4.36. The van der Waals surface area contributed by atoms with Crippen LogP contribution in [-0.2, 0) is 4.74 Å². The fraction of sp³-hybridized carbons (Fsp3) is 0.429. The molecule has 0 atom stereocenters. The van der Waals surface area contributed by atoms with Crippen LogP contribution in [0.4, 0.5) is 15.6 Å². The number of pyridine rings is 1. The lowest BCUT2D eigenvalue weighted by Crippen LogP contribution is -2.50. The van der Waals surface area contributed by atoms with Crippen molar-refractivity contribution in [2.24, 2.45) is 0 Å². The second-order valence-corrected chi connectivity index (χ2v) is 12.1. The van der Waals surface area contributed by atoms with E-state index in [4.69, 9.17) is 9.72 Å². The third-order valence-corrected chi connectivity index (χ3v) is 8.12. The highest BCUT2D eigenvalue weighted by Crippen LogP contribution is 2.37. The molecular weight excluding hydrogens is 526 g/mol. The number of ether oxygens (including phenoxy) is 1. The Morgan fingerprint density at radius 3 is 2.62 bits per heavy atom. The highest BCUT2D eigenvalue weighted by Gasteiger charge is 2.28. The first-order valence-electron chi connectivity index (χ1n) is 13.5. The second kappa shape index (κ2) is 10.4. The van der Waals surface area contributed by atoms with Crippen LogP contribution in [0.25, 0.3) is 27.5 Å². The maximum atomic E-state index is 12.4. The summed E-state index contributed by atoms with van der Waals surface area (Å²) in [6.07, 6.45) is 6.62. The SMILES string of the molecule is CC(C)(C)OC(=O)N1CCN(c2nnc(-c3cnc(-c4ccc5cc(C#N)cnn45)cc3NC3CCC3)s2)CC1. The summed E-state index contributed by atoms with van der Waals surface area (Å²) in [7, 11) is 0. The first-order chi connectivity index (χ1) is 19.3. The minimum atomic E-state index is -0.511. The maximum absolute atomic E-state index is 12.4. The molecule has 0 radical (unpaired) electrons. The Kier molecular flexibility index (Phi) is 6.75. The van der Waals surface area contributed by atoms with Gasteiger partial charge >= 0.3 is 6.09 Å². The molecule has 6 rings (SSSR count). The molecule has 12 heteroatoms. The van der Waals surface area contributed by atoms with E-state index in [1.807, 2.05) is 45.2 Å². The van der Waals surface area contributed by atoms with Crippen LogP contribution in [0, 0.1) is 11.3 Å². The van der Waals surface area contributed by atoms with Crippen molar-refractivity contribution in [1.82, 2.24) is 29.7 Å². The van der Waals surface area contributed by atoms with Gasteiger partial charge in [0.25, 0.3) is 0 Å². The van der Waals surface area contributed by atoms with Crippen LogP contribution in [0.2, 0.25) is 0 Å². The van der Waals surface area contributed by atoms with Crippen molar-refractivity contribution in [2.45, 2.75) is 51.7 Å². The predicted molar refractivity (Wildman–Crippen MR) is 153 cm³/mol. The number of hydrogen-bond donors (Lipinski definition) is 1. The smallest absolute Gasteiger partial charge is 0.410 e. The molecule has 1 saturated carbocycles. The molecule has 40 heavy (non-hydrogen) atoms. The Labute approximate surface area is 236 Å². The number of rotatable bonds is 5. The summed E-state index contributed by atoms with van der Waals surface area (Å²) in [6, 6.07) is 10.3. The molecule has 0 aromatic carbocycles. The van der Waals surface area contributed by atoms with Crippen LogP contribution in [-0.4, -0.2) is 73.6 Å². The molecule has 4 aromatic rings. The minimum absolute atomic E-state index is 0.278. The predicted octanol–water partition coefficient (Wildman–Crippen LogP) is 4.81. The van der Waals surface area contributed by atoms with Gasteiger partial charge in [0.15, 0.2) is 5.01 Å². The van der Waals surface area contributed by atoms with Gasteiger partial charge in [0.05, 0.1) is 34.2 Å². The van der Waals surface area contributed by atoms with Crippen LogP contribution >= 0.6 is 11.3 Å². The number of fused-ring (bicyclic) bond motifs is 1. The van der Waals surface area contributed by atoms with E-state index in [-0.39, 0.29) is 6.09 Å². The molecule has 11 nitrogen and oxygen atoms in total. The molecule has 206 valence electrons. The maximum Gasteiger partial charge on any atom is 0.410 e. The van der Waals surface area contributed by atoms with Crippen molar-refractivity contribution in [3.05, 3.63) is 42.2 Å². The van der Waals surface area contributed by atoms with E-state index in [1.54, 1.807) is 15.6 Å². The number of anilines is 2. The van der Waals surface area contributed by atoms with E-state index >= 15 is 0 Å². The summed E-state index contributed by atoms with van der Waals surface area (Å²) >= 11 is 1.53. The number of hydrogen-bond acceptors (Lipinski definition) is 10. The van der Waals surface area contributed by atoms with E-state index in [2.05, 4.69) is 37.6 Å². The van der Waals surface area contributed by atoms with E-state index in [0.717, 1.165) is 51.1 Å². The lowest BCUT2D eigenvalue weighted by molar-refractivity contribution is 0.0240. The molecular formula is C28H31N9O2S. The summed E-state index contributed by atoms with van der Waals surface area (Å²) in [5.74, 6) is 0. The van der Waals surface area contributed by atoms with Crippen molar-refractivity contribution in [3.63, 3.8) is 0 Å². The highest BCUT2D eigenvalue weighted by atomic mass is 32.1. The van der Waals surface area contributed by atoms with E-state index in [0.29, 0.717) is 37.8 Å². The van der Waals surface area contributed by atoms with Crippen molar-refractivity contribution in [2.75, 3.05) is 36.4 Å². The molecule has 2 aliphatic rings. The number of piperazine rings is 1. The van der Waals surface area contributed by atoms with Crippen LogP contribution in [0.15, 0.2) is 36.7 Å². The number of carbonyl (C=O) groups is 1. The van der Waals surface area contributed by atoms with Crippen LogP contribution in [0.3, 0.4) is 0 Å². The Hall–Kier alpha value is -4.24. The monoisotopic (exact) mass is 557 g/mol. The van der Waals surface area contributed by atoms with Crippen molar-refractivity contribution >= 4 is 33.8 Å². The molecule has 1 amide bonds. The molecule has 2 fully saturated rings. The van der Waals surface area contributed by atoms with E-state index < -0.39 is 5.60 Å². The summed E-state index contributed by atoms with van der Waals surface area (Å²) < 4.78 is 7.32. The van der Waals surface area contributed by atoms with Crippen LogP contribution in [0.1, 0.15) is 45.6 Å². The van der Waals surface area contributed by atoms with E-state index in [9.17, 15) is 10.1 Å². The van der Waals surface area contributed by atoms with Gasteiger partial charge in [0, 0.05) is 44.1 Å². The van der Waals surface area contributed by atoms with Crippen molar-refractivity contribution < 1.29 is 9.53 Å². The van der Waals surface area contributed by atoms with Crippen molar-refractivity contribution in [1.29, 1.82) is 5.26 Å². The summed E-state index contributed by atoms with van der Waals surface area (Å²) in [6.45, 7) is 8.11. The molecule has 5 heterocycles. The molecule has 1 aliphatic carbocycles. The number of nitrogens with one attached hydrogen (secondary N) is 1.